The van der Waals surface area contributed by atoms with Gasteiger partial charge in [-0.15, -0.1) is 0 Å². The fourth-order valence-corrected chi connectivity index (χ4v) is 9.87. The van der Waals surface area contributed by atoms with E-state index in [1.54, 1.807) is 0 Å². The van der Waals surface area contributed by atoms with Crippen LogP contribution < -0.4 is 4.90 Å². The summed E-state index contributed by atoms with van der Waals surface area (Å²) in [5.41, 5.74) is 17.3. The highest BCUT2D eigenvalue weighted by atomic mass is 16.3. The minimum absolute atomic E-state index is 0.118. The highest BCUT2D eigenvalue weighted by molar-refractivity contribution is 6.10. The zero-order valence-electron chi connectivity index (χ0n) is 31.1. The molecule has 254 valence electrons. The molecular formula is C50H43NO. The zero-order valence-corrected chi connectivity index (χ0v) is 31.1. The molecule has 2 nitrogen and oxygen atoms in total. The van der Waals surface area contributed by atoms with Crippen molar-refractivity contribution >= 4 is 49.8 Å². The smallest absolute Gasteiger partial charge is 0.135 e. The standard InChI is InChI=1S/C50H43NO/c1-48(2,3)44-42-34-21-10-13-23-37(34)49(4,5)45(42)47(46-43(44)35-22-11-14-24-38(35)50(46,6)7)51(39-25-16-18-30-17-8-9-19-32(30)39)31-27-28-41-36(29-31)33-20-12-15-26-40(33)52-41/h8-29H,1-7H3. The van der Waals surface area contributed by atoms with Crippen molar-refractivity contribution in [1.29, 1.82) is 0 Å². The molecule has 2 heteroatoms. The van der Waals surface area contributed by atoms with Gasteiger partial charge < -0.3 is 9.32 Å². The molecule has 0 unspecified atom stereocenters. The van der Waals surface area contributed by atoms with Crippen LogP contribution in [-0.2, 0) is 16.2 Å². The van der Waals surface area contributed by atoms with Gasteiger partial charge in [-0.2, -0.15) is 0 Å². The Hall–Kier alpha value is -5.60. The summed E-state index contributed by atoms with van der Waals surface area (Å²) in [7, 11) is 0. The number of para-hydroxylation sites is 1. The molecule has 8 aromatic rings. The van der Waals surface area contributed by atoms with Crippen molar-refractivity contribution in [3.05, 3.63) is 161 Å². The number of anilines is 3. The Morgan fingerprint density at radius 2 is 1.06 bits per heavy atom. The van der Waals surface area contributed by atoms with Crippen LogP contribution in [0.15, 0.2) is 138 Å². The molecule has 0 saturated heterocycles. The zero-order chi connectivity index (χ0) is 35.7. The molecule has 0 aliphatic heterocycles. The summed E-state index contributed by atoms with van der Waals surface area (Å²) in [6.45, 7) is 17.0. The van der Waals surface area contributed by atoms with Gasteiger partial charge in [-0.1, -0.05) is 152 Å². The van der Waals surface area contributed by atoms with Gasteiger partial charge in [-0.3, -0.25) is 0 Å². The molecule has 0 N–H and O–H groups in total. The third-order valence-corrected chi connectivity index (χ3v) is 12.1. The number of hydrogen-bond donors (Lipinski definition) is 0. The van der Waals surface area contributed by atoms with Crippen molar-refractivity contribution in [2.75, 3.05) is 4.90 Å². The SMILES string of the molecule is CC(C)(C)c1c2c(c(N(c3ccc4oc5ccccc5c4c3)c3cccc4ccccc34)c3c1-c1ccccc1C3(C)C)C(C)(C)c1ccccc1-2. The van der Waals surface area contributed by atoms with Crippen LogP contribution >= 0.6 is 0 Å². The maximum absolute atomic E-state index is 6.40. The van der Waals surface area contributed by atoms with E-state index in [-0.39, 0.29) is 16.2 Å². The van der Waals surface area contributed by atoms with Crippen LogP contribution in [0.4, 0.5) is 17.1 Å². The van der Waals surface area contributed by atoms with Gasteiger partial charge in [0, 0.05) is 32.7 Å². The van der Waals surface area contributed by atoms with Crippen LogP contribution in [-0.4, -0.2) is 0 Å². The van der Waals surface area contributed by atoms with Crippen molar-refractivity contribution in [2.24, 2.45) is 0 Å². The first-order valence-electron chi connectivity index (χ1n) is 18.6. The molecule has 2 aliphatic carbocycles. The Kier molecular flexibility index (Phi) is 6.28. The normalized spacial score (nSPS) is 15.1. The van der Waals surface area contributed by atoms with E-state index in [1.165, 1.54) is 72.2 Å². The van der Waals surface area contributed by atoms with E-state index in [1.807, 2.05) is 0 Å². The van der Waals surface area contributed by atoms with E-state index >= 15 is 0 Å². The molecule has 2 aliphatic rings. The fraction of sp³-hybridized carbons (Fsp3) is 0.200. The summed E-state index contributed by atoms with van der Waals surface area (Å²) in [4.78, 5) is 2.62. The molecule has 0 saturated carbocycles. The van der Waals surface area contributed by atoms with Crippen LogP contribution in [0.25, 0.3) is 55.0 Å². The molecule has 0 atom stereocenters. The monoisotopic (exact) mass is 673 g/mol. The maximum atomic E-state index is 6.40. The summed E-state index contributed by atoms with van der Waals surface area (Å²) in [6, 6.07) is 49.2. The van der Waals surface area contributed by atoms with Crippen LogP contribution in [0.1, 0.15) is 76.3 Å². The van der Waals surface area contributed by atoms with Crippen molar-refractivity contribution < 1.29 is 4.42 Å². The minimum Gasteiger partial charge on any atom is -0.456 e. The molecule has 0 amide bonds. The lowest BCUT2D eigenvalue weighted by Gasteiger charge is -2.39. The molecule has 1 aromatic heterocycles. The van der Waals surface area contributed by atoms with Gasteiger partial charge in [-0.05, 0) is 91.2 Å². The van der Waals surface area contributed by atoms with Gasteiger partial charge in [0.25, 0.3) is 0 Å². The Bertz CT molecular complexity index is 2700. The number of nitrogens with zero attached hydrogens (tertiary/aromatic N) is 1. The lowest BCUT2D eigenvalue weighted by molar-refractivity contribution is 0.587. The number of fused-ring (bicyclic) bond motifs is 10. The van der Waals surface area contributed by atoms with Crippen LogP contribution in [0.3, 0.4) is 0 Å². The molecule has 10 rings (SSSR count). The second-order valence-electron chi connectivity index (χ2n) is 16.9. The average Bonchev–Trinajstić information content (AvgIpc) is 3.71. The van der Waals surface area contributed by atoms with E-state index < -0.39 is 0 Å². The van der Waals surface area contributed by atoms with Crippen molar-refractivity contribution in [3.63, 3.8) is 0 Å². The molecule has 52 heavy (non-hydrogen) atoms. The van der Waals surface area contributed by atoms with Gasteiger partial charge in [0.05, 0.1) is 11.4 Å². The van der Waals surface area contributed by atoms with E-state index in [2.05, 4.69) is 187 Å². The Morgan fingerprint density at radius 1 is 0.519 bits per heavy atom. The van der Waals surface area contributed by atoms with Crippen LogP contribution in [0.2, 0.25) is 0 Å². The van der Waals surface area contributed by atoms with E-state index in [9.17, 15) is 0 Å². The van der Waals surface area contributed by atoms with Gasteiger partial charge in [0.2, 0.25) is 0 Å². The largest absolute Gasteiger partial charge is 0.456 e. The highest BCUT2D eigenvalue weighted by Gasteiger charge is 2.50. The molecule has 1 heterocycles. The molecular weight excluding hydrogens is 631 g/mol. The third kappa shape index (κ3) is 4.07. The molecule has 0 spiro atoms. The highest BCUT2D eigenvalue weighted by Crippen LogP contribution is 2.66. The maximum Gasteiger partial charge on any atom is 0.135 e. The summed E-state index contributed by atoms with van der Waals surface area (Å²) >= 11 is 0. The van der Waals surface area contributed by atoms with Crippen LogP contribution in [0, 0.1) is 0 Å². The number of hydrogen-bond acceptors (Lipinski definition) is 2. The molecule has 0 bridgehead atoms. The van der Waals surface area contributed by atoms with Gasteiger partial charge in [0.15, 0.2) is 0 Å². The fourth-order valence-electron chi connectivity index (χ4n) is 9.87. The molecule has 0 fully saturated rings. The number of rotatable bonds is 3. The van der Waals surface area contributed by atoms with E-state index in [4.69, 9.17) is 4.42 Å². The Morgan fingerprint density at radius 3 is 1.71 bits per heavy atom. The Balaban J connectivity index is 1.45. The van der Waals surface area contributed by atoms with Gasteiger partial charge in [0.1, 0.15) is 11.2 Å². The first-order valence-corrected chi connectivity index (χ1v) is 18.6. The van der Waals surface area contributed by atoms with E-state index in [0.29, 0.717) is 0 Å². The van der Waals surface area contributed by atoms with E-state index in [0.717, 1.165) is 27.6 Å². The predicted octanol–water partition coefficient (Wildman–Crippen LogP) is 14.1. The van der Waals surface area contributed by atoms with Crippen LogP contribution in [0.5, 0.6) is 0 Å². The second-order valence-corrected chi connectivity index (χ2v) is 16.9. The van der Waals surface area contributed by atoms with Crippen molar-refractivity contribution in [1.82, 2.24) is 0 Å². The first kappa shape index (κ1) is 31.2. The summed E-state index contributed by atoms with van der Waals surface area (Å²) in [6.07, 6.45) is 0. The third-order valence-electron chi connectivity index (χ3n) is 12.1. The summed E-state index contributed by atoms with van der Waals surface area (Å²) in [5, 5.41) is 4.72. The molecule has 7 aromatic carbocycles. The lowest BCUT2D eigenvalue weighted by Crippen LogP contribution is -2.27. The number of benzene rings is 7. The summed E-state index contributed by atoms with van der Waals surface area (Å²) < 4.78 is 6.40. The van der Waals surface area contributed by atoms with Crippen molar-refractivity contribution in [3.8, 4) is 22.3 Å². The predicted molar refractivity (Wildman–Crippen MR) is 220 cm³/mol. The minimum atomic E-state index is -0.267. The average molecular weight is 674 g/mol. The van der Waals surface area contributed by atoms with Crippen molar-refractivity contribution in [2.45, 2.75) is 64.7 Å². The Labute approximate surface area is 306 Å². The number of furan rings is 1. The quantitative estimate of drug-likeness (QED) is 0.186. The van der Waals surface area contributed by atoms with Gasteiger partial charge in [-0.25, -0.2) is 0 Å². The topological polar surface area (TPSA) is 16.4 Å². The molecule has 0 radical (unpaired) electrons. The second kappa shape index (κ2) is 10.5. The van der Waals surface area contributed by atoms with Gasteiger partial charge >= 0.3 is 0 Å². The first-order chi connectivity index (χ1) is 25.0. The summed E-state index contributed by atoms with van der Waals surface area (Å²) in [5.74, 6) is 0. The lowest BCUT2D eigenvalue weighted by atomic mass is 9.70.